The molecular formula is C16H22N2O. The van der Waals surface area contributed by atoms with Crippen LogP contribution in [0, 0.1) is 17.2 Å². The fourth-order valence-corrected chi connectivity index (χ4v) is 2.04. The molecule has 1 aromatic rings. The van der Waals surface area contributed by atoms with Crippen molar-refractivity contribution in [1.29, 1.82) is 5.26 Å². The highest BCUT2D eigenvalue weighted by Gasteiger charge is 2.29. The Morgan fingerprint density at radius 1 is 1.37 bits per heavy atom. The Bertz CT molecular complexity index is 471. The van der Waals surface area contributed by atoms with Crippen LogP contribution < -0.4 is 5.32 Å². The number of amides is 1. The molecule has 0 saturated carbocycles. The summed E-state index contributed by atoms with van der Waals surface area (Å²) in [6.45, 7) is 8.45. The zero-order valence-electron chi connectivity index (χ0n) is 12.2. The molecule has 0 bridgehead atoms. The van der Waals surface area contributed by atoms with Gasteiger partial charge in [0.2, 0.25) is 0 Å². The number of carbonyl (C=O) groups excluding carboxylic acids is 1. The van der Waals surface area contributed by atoms with Crippen LogP contribution in [0.25, 0.3) is 0 Å². The van der Waals surface area contributed by atoms with Crippen LogP contribution in [-0.4, -0.2) is 11.4 Å². The molecule has 3 heteroatoms. The third kappa shape index (κ3) is 3.82. The summed E-state index contributed by atoms with van der Waals surface area (Å²) in [6, 6.07) is 8.77. The topological polar surface area (TPSA) is 52.9 Å². The smallest absolute Gasteiger partial charge is 0.251 e. The first-order chi connectivity index (χ1) is 8.92. The molecule has 0 spiro atoms. The minimum absolute atomic E-state index is 0.0749. The van der Waals surface area contributed by atoms with Gasteiger partial charge in [0.15, 0.2) is 0 Å². The summed E-state index contributed by atoms with van der Waals surface area (Å²) in [5.74, 6) is 0.295. The Hall–Kier alpha value is -1.82. The maximum absolute atomic E-state index is 12.2. The highest BCUT2D eigenvalue weighted by atomic mass is 16.1. The van der Waals surface area contributed by atoms with Crippen LogP contribution in [0.15, 0.2) is 24.3 Å². The molecule has 0 radical (unpaired) electrons. The molecule has 0 aliphatic rings. The molecule has 1 rings (SSSR count). The van der Waals surface area contributed by atoms with Gasteiger partial charge in [-0.3, -0.25) is 4.79 Å². The lowest BCUT2D eigenvalue weighted by Gasteiger charge is -2.34. The Balaban J connectivity index is 2.85. The van der Waals surface area contributed by atoms with E-state index < -0.39 is 0 Å². The minimum Gasteiger partial charge on any atom is -0.347 e. The molecule has 1 N–H and O–H groups in total. The van der Waals surface area contributed by atoms with Crippen LogP contribution in [0.5, 0.6) is 0 Å². The zero-order valence-corrected chi connectivity index (χ0v) is 12.2. The largest absolute Gasteiger partial charge is 0.347 e. The highest BCUT2D eigenvalue weighted by molar-refractivity contribution is 5.94. The van der Waals surface area contributed by atoms with Crippen LogP contribution in [0.3, 0.4) is 0 Å². The van der Waals surface area contributed by atoms with Crippen molar-refractivity contribution in [1.82, 2.24) is 5.32 Å². The van der Waals surface area contributed by atoms with Crippen molar-refractivity contribution >= 4 is 5.91 Å². The lowest BCUT2D eigenvalue weighted by atomic mass is 9.84. The van der Waals surface area contributed by atoms with Gasteiger partial charge in [-0.05, 0) is 43.5 Å². The van der Waals surface area contributed by atoms with E-state index in [0.717, 1.165) is 12.8 Å². The van der Waals surface area contributed by atoms with Crippen LogP contribution in [-0.2, 0) is 0 Å². The second-order valence-corrected chi connectivity index (χ2v) is 5.47. The van der Waals surface area contributed by atoms with Gasteiger partial charge in [0, 0.05) is 11.1 Å². The molecular weight excluding hydrogens is 236 g/mol. The maximum Gasteiger partial charge on any atom is 0.251 e. The van der Waals surface area contributed by atoms with E-state index in [9.17, 15) is 4.79 Å². The molecule has 0 aromatic heterocycles. The molecule has 0 fully saturated rings. The van der Waals surface area contributed by atoms with E-state index in [-0.39, 0.29) is 11.4 Å². The quantitative estimate of drug-likeness (QED) is 0.878. The van der Waals surface area contributed by atoms with Gasteiger partial charge >= 0.3 is 0 Å². The molecule has 1 amide bonds. The molecule has 102 valence electrons. The van der Waals surface area contributed by atoms with Gasteiger partial charge in [0.05, 0.1) is 11.6 Å². The first-order valence-electron chi connectivity index (χ1n) is 6.75. The summed E-state index contributed by atoms with van der Waals surface area (Å²) < 4.78 is 0. The van der Waals surface area contributed by atoms with E-state index in [1.54, 1.807) is 24.3 Å². The molecule has 1 unspecified atom stereocenters. The van der Waals surface area contributed by atoms with Gasteiger partial charge in [-0.25, -0.2) is 0 Å². The third-order valence-electron chi connectivity index (χ3n) is 3.72. The van der Waals surface area contributed by atoms with Gasteiger partial charge in [-0.2, -0.15) is 5.26 Å². The number of hydrogen-bond acceptors (Lipinski definition) is 2. The van der Waals surface area contributed by atoms with E-state index in [1.165, 1.54) is 0 Å². The number of benzene rings is 1. The van der Waals surface area contributed by atoms with Gasteiger partial charge in [-0.15, -0.1) is 0 Å². The number of nitrogens with zero attached hydrogens (tertiary/aromatic N) is 1. The monoisotopic (exact) mass is 258 g/mol. The molecule has 1 aromatic carbocycles. The summed E-state index contributed by atoms with van der Waals surface area (Å²) in [6.07, 6.45) is 1.98. The molecule has 0 saturated heterocycles. The number of carbonyl (C=O) groups is 1. The molecule has 19 heavy (non-hydrogen) atoms. The third-order valence-corrected chi connectivity index (χ3v) is 3.72. The van der Waals surface area contributed by atoms with Gasteiger partial charge in [-0.1, -0.05) is 27.2 Å². The highest BCUT2D eigenvalue weighted by Crippen LogP contribution is 2.23. The first-order valence-corrected chi connectivity index (χ1v) is 6.75. The van der Waals surface area contributed by atoms with Crippen molar-refractivity contribution in [2.75, 3.05) is 0 Å². The maximum atomic E-state index is 12.2. The average molecular weight is 258 g/mol. The summed E-state index contributed by atoms with van der Waals surface area (Å²) in [7, 11) is 0. The number of rotatable bonds is 5. The molecule has 1 atom stereocenters. The molecule has 3 nitrogen and oxygen atoms in total. The Morgan fingerprint density at radius 3 is 2.37 bits per heavy atom. The van der Waals surface area contributed by atoms with Crippen LogP contribution in [0.1, 0.15) is 56.5 Å². The van der Waals surface area contributed by atoms with E-state index in [2.05, 4.69) is 33.0 Å². The van der Waals surface area contributed by atoms with E-state index in [1.807, 2.05) is 6.07 Å². The number of nitrogens with one attached hydrogen (secondary N) is 1. The fourth-order valence-electron chi connectivity index (χ4n) is 2.04. The Morgan fingerprint density at radius 2 is 1.95 bits per heavy atom. The summed E-state index contributed by atoms with van der Waals surface area (Å²) in [5.41, 5.74) is 0.971. The zero-order chi connectivity index (χ0) is 14.5. The summed E-state index contributed by atoms with van der Waals surface area (Å²) in [5, 5.41) is 11.9. The molecule has 0 heterocycles. The SMILES string of the molecule is CCCC(C)(NC(=O)c1ccc(C#N)cc1)C(C)C. The first kappa shape index (κ1) is 15.2. The predicted molar refractivity (Wildman–Crippen MR) is 76.8 cm³/mol. The van der Waals surface area contributed by atoms with Crippen molar-refractivity contribution in [3.8, 4) is 6.07 Å². The lowest BCUT2D eigenvalue weighted by Crippen LogP contribution is -2.49. The van der Waals surface area contributed by atoms with Crippen molar-refractivity contribution in [2.45, 2.75) is 46.1 Å². The molecule has 0 aliphatic heterocycles. The fraction of sp³-hybridized carbons (Fsp3) is 0.500. The van der Waals surface area contributed by atoms with Crippen molar-refractivity contribution in [3.05, 3.63) is 35.4 Å². The summed E-state index contributed by atoms with van der Waals surface area (Å²) >= 11 is 0. The molecule has 0 aliphatic carbocycles. The van der Waals surface area contributed by atoms with Crippen molar-refractivity contribution < 1.29 is 4.79 Å². The minimum atomic E-state index is -0.195. The van der Waals surface area contributed by atoms with E-state index in [4.69, 9.17) is 5.26 Å². The Kier molecular flexibility index (Phi) is 5.11. The number of nitriles is 1. The van der Waals surface area contributed by atoms with Crippen molar-refractivity contribution in [3.63, 3.8) is 0 Å². The Labute approximate surface area is 115 Å². The van der Waals surface area contributed by atoms with Crippen molar-refractivity contribution in [2.24, 2.45) is 5.92 Å². The lowest BCUT2D eigenvalue weighted by molar-refractivity contribution is 0.0870. The second kappa shape index (κ2) is 6.38. The van der Waals surface area contributed by atoms with Crippen LogP contribution in [0.4, 0.5) is 0 Å². The van der Waals surface area contributed by atoms with E-state index >= 15 is 0 Å². The van der Waals surface area contributed by atoms with Crippen LogP contribution in [0.2, 0.25) is 0 Å². The standard InChI is InChI=1S/C16H22N2O/c1-5-10-16(4,12(2)3)18-15(19)14-8-6-13(11-17)7-9-14/h6-9,12H,5,10H2,1-4H3,(H,18,19). The summed E-state index contributed by atoms with van der Waals surface area (Å²) in [4.78, 5) is 12.2. The van der Waals surface area contributed by atoms with Gasteiger partial charge in [0.1, 0.15) is 0 Å². The number of hydrogen-bond donors (Lipinski definition) is 1. The predicted octanol–water partition coefficient (Wildman–Crippen LogP) is 3.50. The average Bonchev–Trinajstić information content (AvgIpc) is 2.38. The van der Waals surface area contributed by atoms with E-state index in [0.29, 0.717) is 17.0 Å². The van der Waals surface area contributed by atoms with Gasteiger partial charge < -0.3 is 5.32 Å². The van der Waals surface area contributed by atoms with Crippen LogP contribution >= 0.6 is 0 Å². The second-order valence-electron chi connectivity index (χ2n) is 5.47. The normalized spacial score (nSPS) is 13.7. The van der Waals surface area contributed by atoms with Gasteiger partial charge in [0.25, 0.3) is 5.91 Å².